The van der Waals surface area contributed by atoms with Gasteiger partial charge in [-0.15, -0.1) is 0 Å². The molecule has 0 saturated heterocycles. The molecular weight excluding hydrogens is 230 g/mol. The lowest BCUT2D eigenvalue weighted by atomic mass is 9.94. The first-order valence-corrected chi connectivity index (χ1v) is 6.69. The zero-order chi connectivity index (χ0) is 13.7. The molecule has 0 fully saturated rings. The molecule has 0 saturated carbocycles. The normalized spacial score (nSPS) is 13.8. The van der Waals surface area contributed by atoms with Crippen LogP contribution in [0.15, 0.2) is 71.8 Å². The van der Waals surface area contributed by atoms with Gasteiger partial charge in [0.2, 0.25) is 0 Å². The highest BCUT2D eigenvalue weighted by Gasteiger charge is 2.10. The Morgan fingerprint density at radius 2 is 1.42 bits per heavy atom. The molecule has 0 aromatic heterocycles. The van der Waals surface area contributed by atoms with E-state index in [4.69, 9.17) is 5.73 Å². The van der Waals surface area contributed by atoms with Gasteiger partial charge in [0.15, 0.2) is 0 Å². The van der Waals surface area contributed by atoms with Crippen LogP contribution in [0.2, 0.25) is 0 Å². The van der Waals surface area contributed by atoms with E-state index in [0.717, 1.165) is 6.42 Å². The Hall–Kier alpha value is -1.86. The quantitative estimate of drug-likeness (QED) is 0.807. The summed E-state index contributed by atoms with van der Waals surface area (Å²) in [5.41, 5.74) is 11.5. The van der Waals surface area contributed by atoms with Crippen molar-refractivity contribution in [2.24, 2.45) is 5.73 Å². The van der Waals surface area contributed by atoms with Gasteiger partial charge in [-0.05, 0) is 31.4 Å². The summed E-state index contributed by atoms with van der Waals surface area (Å²) in [5.74, 6) is 0. The van der Waals surface area contributed by atoms with Crippen molar-refractivity contribution in [2.45, 2.75) is 26.3 Å². The Balaban J connectivity index is 2.17. The molecule has 0 heterocycles. The summed E-state index contributed by atoms with van der Waals surface area (Å²) >= 11 is 0. The lowest BCUT2D eigenvalue weighted by Gasteiger charge is -2.16. The molecule has 2 rings (SSSR count). The Morgan fingerprint density at radius 3 is 2.00 bits per heavy atom. The zero-order valence-corrected chi connectivity index (χ0v) is 11.6. The molecule has 0 aliphatic rings. The summed E-state index contributed by atoms with van der Waals surface area (Å²) in [7, 11) is 0. The van der Waals surface area contributed by atoms with Gasteiger partial charge in [0.1, 0.15) is 0 Å². The maximum atomic E-state index is 6.34. The minimum Gasteiger partial charge on any atom is -0.321 e. The van der Waals surface area contributed by atoms with E-state index >= 15 is 0 Å². The van der Waals surface area contributed by atoms with E-state index < -0.39 is 0 Å². The van der Waals surface area contributed by atoms with E-state index in [1.165, 1.54) is 22.3 Å². The maximum Gasteiger partial charge on any atom is 0.0510 e. The van der Waals surface area contributed by atoms with E-state index in [-0.39, 0.29) is 6.04 Å². The average Bonchev–Trinajstić information content (AvgIpc) is 2.47. The van der Waals surface area contributed by atoms with Crippen LogP contribution in [0.4, 0.5) is 0 Å². The van der Waals surface area contributed by atoms with Crippen LogP contribution in [0.5, 0.6) is 0 Å². The van der Waals surface area contributed by atoms with Crippen molar-refractivity contribution in [3.63, 3.8) is 0 Å². The number of rotatable bonds is 4. The monoisotopic (exact) mass is 251 g/mol. The highest BCUT2D eigenvalue weighted by Crippen LogP contribution is 2.23. The van der Waals surface area contributed by atoms with Crippen LogP contribution in [0.25, 0.3) is 0 Å². The van der Waals surface area contributed by atoms with E-state index in [1.54, 1.807) is 0 Å². The number of allylic oxidation sites excluding steroid dienone is 1. The van der Waals surface area contributed by atoms with Gasteiger partial charge in [0.25, 0.3) is 0 Å². The van der Waals surface area contributed by atoms with Crippen molar-refractivity contribution < 1.29 is 0 Å². The minimum atomic E-state index is -0.00934. The Morgan fingerprint density at radius 1 is 0.895 bits per heavy atom. The van der Waals surface area contributed by atoms with E-state index in [2.05, 4.69) is 50.2 Å². The fourth-order valence-electron chi connectivity index (χ4n) is 2.22. The highest BCUT2D eigenvalue weighted by atomic mass is 14.6. The summed E-state index contributed by atoms with van der Waals surface area (Å²) in [5, 5.41) is 0. The van der Waals surface area contributed by atoms with Crippen molar-refractivity contribution in [3.05, 3.63) is 82.9 Å². The van der Waals surface area contributed by atoms with Crippen molar-refractivity contribution >= 4 is 0 Å². The third-order valence-corrected chi connectivity index (χ3v) is 3.61. The molecule has 0 aliphatic carbocycles. The number of hydrogen-bond acceptors (Lipinski definition) is 1. The highest BCUT2D eigenvalue weighted by molar-refractivity contribution is 5.31. The SMILES string of the molecule is CC(Cc1ccccc1)=C(C)C(N)c1ccccc1. The minimum absolute atomic E-state index is 0.00934. The molecule has 0 amide bonds. The molecule has 1 heteroatoms. The Kier molecular flexibility index (Phi) is 4.53. The molecule has 0 aliphatic heterocycles. The van der Waals surface area contributed by atoms with Crippen molar-refractivity contribution in [1.29, 1.82) is 0 Å². The summed E-state index contributed by atoms with van der Waals surface area (Å²) in [4.78, 5) is 0. The predicted molar refractivity (Wildman–Crippen MR) is 81.9 cm³/mol. The van der Waals surface area contributed by atoms with Gasteiger partial charge in [-0.2, -0.15) is 0 Å². The lowest BCUT2D eigenvalue weighted by molar-refractivity contribution is 0.821. The van der Waals surface area contributed by atoms with Crippen LogP contribution < -0.4 is 5.73 Å². The van der Waals surface area contributed by atoms with E-state index in [9.17, 15) is 0 Å². The van der Waals surface area contributed by atoms with Gasteiger partial charge in [-0.25, -0.2) is 0 Å². The molecule has 1 unspecified atom stereocenters. The average molecular weight is 251 g/mol. The summed E-state index contributed by atoms with van der Waals surface area (Å²) < 4.78 is 0. The van der Waals surface area contributed by atoms with Crippen LogP contribution in [0.1, 0.15) is 31.0 Å². The second-order valence-electron chi connectivity index (χ2n) is 5.01. The first kappa shape index (κ1) is 13.6. The summed E-state index contributed by atoms with van der Waals surface area (Å²) in [6.45, 7) is 4.31. The predicted octanol–water partition coefficient (Wildman–Crippen LogP) is 4.27. The standard InChI is InChI=1S/C18H21N/c1-14(13-16-9-5-3-6-10-16)15(2)18(19)17-11-7-4-8-12-17/h3-12,18H,13,19H2,1-2H3. The van der Waals surface area contributed by atoms with Gasteiger partial charge in [-0.3, -0.25) is 0 Å². The lowest BCUT2D eigenvalue weighted by Crippen LogP contribution is -2.13. The molecule has 2 aromatic rings. The first-order valence-electron chi connectivity index (χ1n) is 6.69. The number of nitrogens with two attached hydrogens (primary N) is 1. The summed E-state index contributed by atoms with van der Waals surface area (Å²) in [6, 6.07) is 20.8. The number of benzene rings is 2. The van der Waals surface area contributed by atoms with Crippen LogP contribution >= 0.6 is 0 Å². The van der Waals surface area contributed by atoms with Crippen molar-refractivity contribution in [2.75, 3.05) is 0 Å². The Bertz CT molecular complexity index is 540. The van der Waals surface area contributed by atoms with Gasteiger partial charge in [-0.1, -0.05) is 71.8 Å². The van der Waals surface area contributed by atoms with Crippen LogP contribution in [-0.2, 0) is 6.42 Å². The zero-order valence-electron chi connectivity index (χ0n) is 11.6. The molecule has 0 spiro atoms. The molecule has 1 nitrogen and oxygen atoms in total. The third kappa shape index (κ3) is 3.55. The van der Waals surface area contributed by atoms with Crippen LogP contribution in [0, 0.1) is 0 Å². The fraction of sp³-hybridized carbons (Fsp3) is 0.222. The molecule has 19 heavy (non-hydrogen) atoms. The van der Waals surface area contributed by atoms with E-state index in [1.807, 2.05) is 24.3 Å². The van der Waals surface area contributed by atoms with Gasteiger partial charge >= 0.3 is 0 Å². The molecule has 0 radical (unpaired) electrons. The van der Waals surface area contributed by atoms with Crippen molar-refractivity contribution in [1.82, 2.24) is 0 Å². The molecule has 2 aromatic carbocycles. The largest absolute Gasteiger partial charge is 0.321 e. The number of hydrogen-bond donors (Lipinski definition) is 1. The molecule has 1 atom stereocenters. The topological polar surface area (TPSA) is 26.0 Å². The third-order valence-electron chi connectivity index (χ3n) is 3.61. The molecule has 2 N–H and O–H groups in total. The van der Waals surface area contributed by atoms with Gasteiger partial charge < -0.3 is 5.73 Å². The Labute approximate surface area is 115 Å². The smallest absolute Gasteiger partial charge is 0.0510 e. The van der Waals surface area contributed by atoms with Gasteiger partial charge in [0, 0.05) is 0 Å². The van der Waals surface area contributed by atoms with Crippen LogP contribution in [0.3, 0.4) is 0 Å². The molecule has 0 bridgehead atoms. The molecular formula is C18H21N. The second kappa shape index (κ2) is 6.35. The van der Waals surface area contributed by atoms with E-state index in [0.29, 0.717) is 0 Å². The van der Waals surface area contributed by atoms with Crippen LogP contribution in [-0.4, -0.2) is 0 Å². The summed E-state index contributed by atoms with van der Waals surface area (Å²) in [6.07, 6.45) is 0.965. The molecule has 98 valence electrons. The first-order chi connectivity index (χ1) is 9.18. The van der Waals surface area contributed by atoms with Gasteiger partial charge in [0.05, 0.1) is 6.04 Å². The fourth-order valence-corrected chi connectivity index (χ4v) is 2.22. The van der Waals surface area contributed by atoms with Crippen molar-refractivity contribution in [3.8, 4) is 0 Å². The maximum absolute atomic E-state index is 6.34. The second-order valence-corrected chi connectivity index (χ2v) is 5.01.